The Balaban J connectivity index is 0.000000195. The third-order valence-electron chi connectivity index (χ3n) is 1.96. The first kappa shape index (κ1) is 12.0. The maximum absolute atomic E-state index is 8.74. The maximum Gasteiger partial charge on any atom is 0.394 e. The van der Waals surface area contributed by atoms with Crippen molar-refractivity contribution in [3.63, 3.8) is 0 Å². The first-order chi connectivity index (χ1) is 6.97. The average molecular weight is 231 g/mol. The molecule has 3 N–H and O–H groups in total. The van der Waals surface area contributed by atoms with Crippen molar-refractivity contribution in [3.8, 4) is 0 Å². The first-order valence-corrected chi connectivity index (χ1v) is 5.88. The number of aryl methyl sites for hydroxylation is 1. The molecule has 84 valence electrons. The van der Waals surface area contributed by atoms with Gasteiger partial charge in [0.05, 0.1) is 0 Å². The van der Waals surface area contributed by atoms with E-state index < -0.39 is 10.4 Å². The summed E-state index contributed by atoms with van der Waals surface area (Å²) in [7, 11) is -4.67. The molecule has 0 atom stereocenters. The summed E-state index contributed by atoms with van der Waals surface area (Å²) < 4.78 is 31.6. The summed E-state index contributed by atoms with van der Waals surface area (Å²) >= 11 is 0. The number of hydrogen-bond acceptors (Lipinski definition) is 3. The summed E-state index contributed by atoms with van der Waals surface area (Å²) in [6, 6.07) is 8.53. The predicted octanol–water partition coefficient (Wildman–Crippen LogP) is 1.39. The van der Waals surface area contributed by atoms with Crippen LogP contribution in [-0.4, -0.2) is 24.1 Å². The average Bonchev–Trinajstić information content (AvgIpc) is 2.16. The molecule has 0 saturated heterocycles. The van der Waals surface area contributed by atoms with Crippen LogP contribution in [0.15, 0.2) is 24.3 Å². The topological polar surface area (TPSA) is 86.6 Å². The van der Waals surface area contributed by atoms with Crippen molar-refractivity contribution in [2.24, 2.45) is 0 Å². The van der Waals surface area contributed by atoms with Crippen molar-refractivity contribution in [2.75, 3.05) is 11.9 Å². The Morgan fingerprint density at radius 2 is 1.80 bits per heavy atom. The molecule has 5 nitrogen and oxygen atoms in total. The van der Waals surface area contributed by atoms with Crippen LogP contribution in [0.2, 0.25) is 0 Å². The zero-order valence-corrected chi connectivity index (χ0v) is 8.87. The molecule has 0 aromatic heterocycles. The minimum atomic E-state index is -4.67. The highest BCUT2D eigenvalue weighted by molar-refractivity contribution is 7.79. The molecule has 6 heteroatoms. The number of nitrogens with one attached hydrogen (secondary N) is 1. The summed E-state index contributed by atoms with van der Waals surface area (Å²) in [6.07, 6.45) is 2.51. The van der Waals surface area contributed by atoms with E-state index in [9.17, 15) is 0 Å². The third kappa shape index (κ3) is 5.36. The molecule has 0 unspecified atom stereocenters. The quantitative estimate of drug-likeness (QED) is 0.587. The molecule has 15 heavy (non-hydrogen) atoms. The molecular formula is C9H13NO4S. The van der Waals surface area contributed by atoms with Crippen molar-refractivity contribution in [1.29, 1.82) is 0 Å². The molecule has 0 amide bonds. The van der Waals surface area contributed by atoms with Gasteiger partial charge in [0.2, 0.25) is 0 Å². The molecule has 0 radical (unpaired) electrons. The van der Waals surface area contributed by atoms with Gasteiger partial charge < -0.3 is 5.32 Å². The summed E-state index contributed by atoms with van der Waals surface area (Å²) in [5.74, 6) is 0. The van der Waals surface area contributed by atoms with Crippen LogP contribution in [0, 0.1) is 0 Å². The number of anilines is 1. The Morgan fingerprint density at radius 1 is 1.20 bits per heavy atom. The SMILES string of the molecule is O=S(=O)(O)O.c1ccc2c(c1)CCCN2. The van der Waals surface area contributed by atoms with Crippen molar-refractivity contribution in [3.05, 3.63) is 29.8 Å². The van der Waals surface area contributed by atoms with E-state index in [4.69, 9.17) is 17.5 Å². The Morgan fingerprint density at radius 3 is 2.40 bits per heavy atom. The van der Waals surface area contributed by atoms with E-state index in [1.54, 1.807) is 0 Å². The van der Waals surface area contributed by atoms with Gasteiger partial charge in [-0.2, -0.15) is 8.42 Å². The Hall–Kier alpha value is -1.11. The van der Waals surface area contributed by atoms with Gasteiger partial charge in [-0.25, -0.2) is 0 Å². The molecule has 0 saturated carbocycles. The number of benzene rings is 1. The van der Waals surface area contributed by atoms with Crippen LogP contribution in [0.4, 0.5) is 5.69 Å². The summed E-state index contributed by atoms with van der Waals surface area (Å²) in [5.41, 5.74) is 2.79. The fraction of sp³-hybridized carbons (Fsp3) is 0.333. The van der Waals surface area contributed by atoms with Gasteiger partial charge in [-0.1, -0.05) is 18.2 Å². The molecule has 1 aliphatic rings. The lowest BCUT2D eigenvalue weighted by Crippen LogP contribution is -2.10. The molecule has 1 heterocycles. The van der Waals surface area contributed by atoms with Crippen LogP contribution >= 0.6 is 0 Å². The van der Waals surface area contributed by atoms with E-state index >= 15 is 0 Å². The second-order valence-electron chi connectivity index (χ2n) is 3.14. The lowest BCUT2D eigenvalue weighted by atomic mass is 10.0. The van der Waals surface area contributed by atoms with Crippen molar-refractivity contribution >= 4 is 16.1 Å². The number of rotatable bonds is 0. The normalized spacial score (nSPS) is 14.3. The van der Waals surface area contributed by atoms with E-state index in [1.807, 2.05) is 0 Å². The van der Waals surface area contributed by atoms with Crippen LogP contribution in [0.3, 0.4) is 0 Å². The zero-order valence-electron chi connectivity index (χ0n) is 8.05. The fourth-order valence-corrected chi connectivity index (χ4v) is 1.41. The van der Waals surface area contributed by atoms with Gasteiger partial charge in [0, 0.05) is 12.2 Å². The molecular weight excluding hydrogens is 218 g/mol. The van der Waals surface area contributed by atoms with Crippen LogP contribution in [0.5, 0.6) is 0 Å². The second-order valence-corrected chi connectivity index (χ2v) is 4.03. The summed E-state index contributed by atoms with van der Waals surface area (Å²) in [6.45, 7) is 1.14. The van der Waals surface area contributed by atoms with E-state index in [0.29, 0.717) is 0 Å². The van der Waals surface area contributed by atoms with Crippen molar-refractivity contribution in [2.45, 2.75) is 12.8 Å². The number of hydrogen-bond donors (Lipinski definition) is 3. The molecule has 0 fully saturated rings. The highest BCUT2D eigenvalue weighted by atomic mass is 32.3. The third-order valence-corrected chi connectivity index (χ3v) is 1.96. The first-order valence-electron chi connectivity index (χ1n) is 4.48. The molecule has 0 aliphatic carbocycles. The molecule has 1 aromatic rings. The lowest BCUT2D eigenvalue weighted by Gasteiger charge is -2.16. The van der Waals surface area contributed by atoms with E-state index in [-0.39, 0.29) is 0 Å². The van der Waals surface area contributed by atoms with Gasteiger partial charge in [-0.15, -0.1) is 0 Å². The summed E-state index contributed by atoms with van der Waals surface area (Å²) in [4.78, 5) is 0. The maximum atomic E-state index is 8.74. The monoisotopic (exact) mass is 231 g/mol. The molecule has 1 aromatic carbocycles. The predicted molar refractivity (Wildman–Crippen MR) is 57.4 cm³/mol. The minimum Gasteiger partial charge on any atom is -0.385 e. The van der Waals surface area contributed by atoms with Gasteiger partial charge in [-0.3, -0.25) is 9.11 Å². The Kier molecular flexibility index (Phi) is 4.07. The minimum absolute atomic E-state index is 1.14. The number of fused-ring (bicyclic) bond motifs is 1. The van der Waals surface area contributed by atoms with E-state index in [0.717, 1.165) is 6.54 Å². The van der Waals surface area contributed by atoms with Crippen LogP contribution < -0.4 is 5.32 Å². The molecule has 0 bridgehead atoms. The van der Waals surface area contributed by atoms with E-state index in [1.165, 1.54) is 24.1 Å². The number of para-hydroxylation sites is 1. The van der Waals surface area contributed by atoms with Crippen molar-refractivity contribution in [1.82, 2.24) is 0 Å². The molecule has 1 aliphatic heterocycles. The van der Waals surface area contributed by atoms with Crippen LogP contribution in [-0.2, 0) is 16.8 Å². The van der Waals surface area contributed by atoms with Gasteiger partial charge in [0.15, 0.2) is 0 Å². The molecule has 2 rings (SSSR count). The highest BCUT2D eigenvalue weighted by Crippen LogP contribution is 2.19. The zero-order chi connectivity index (χ0) is 11.3. The van der Waals surface area contributed by atoms with Gasteiger partial charge in [0.1, 0.15) is 0 Å². The van der Waals surface area contributed by atoms with Crippen LogP contribution in [0.1, 0.15) is 12.0 Å². The van der Waals surface area contributed by atoms with Gasteiger partial charge in [-0.05, 0) is 24.5 Å². The Labute approximate surface area is 88.7 Å². The van der Waals surface area contributed by atoms with Crippen molar-refractivity contribution < 1.29 is 17.5 Å². The highest BCUT2D eigenvalue weighted by Gasteiger charge is 2.04. The Bertz CT molecular complexity index is 383. The largest absolute Gasteiger partial charge is 0.394 e. The molecule has 0 spiro atoms. The van der Waals surface area contributed by atoms with Crippen LogP contribution in [0.25, 0.3) is 0 Å². The van der Waals surface area contributed by atoms with Gasteiger partial charge in [0.25, 0.3) is 0 Å². The summed E-state index contributed by atoms with van der Waals surface area (Å²) in [5, 5.41) is 3.36. The van der Waals surface area contributed by atoms with Gasteiger partial charge >= 0.3 is 10.4 Å². The van der Waals surface area contributed by atoms with E-state index in [2.05, 4.69) is 29.6 Å². The lowest BCUT2D eigenvalue weighted by molar-refractivity contribution is 0.381. The second kappa shape index (κ2) is 5.11. The standard InChI is InChI=1S/C9H11N.H2O4S/c1-2-6-9-8(4-1)5-3-7-10-9;1-5(2,3)4/h1-2,4,6,10H,3,5,7H2;(H2,1,2,3,4). The smallest absolute Gasteiger partial charge is 0.385 e. The fourth-order valence-electron chi connectivity index (χ4n) is 1.41.